The van der Waals surface area contributed by atoms with E-state index in [4.69, 9.17) is 0 Å². The Balaban J connectivity index is 2.16. The molecule has 0 N–H and O–H groups in total. The van der Waals surface area contributed by atoms with Crippen molar-refractivity contribution < 1.29 is 0 Å². The zero-order chi connectivity index (χ0) is 10.8. The van der Waals surface area contributed by atoms with Crippen LogP contribution in [0, 0.1) is 5.92 Å². The highest BCUT2D eigenvalue weighted by Crippen LogP contribution is 2.25. The number of halogens is 1. The van der Waals surface area contributed by atoms with Gasteiger partial charge in [0.1, 0.15) is 0 Å². The molecule has 84 valence electrons. The minimum absolute atomic E-state index is 0.600. The average molecular weight is 272 g/mol. The first-order valence-electron chi connectivity index (χ1n) is 5.60. The Morgan fingerprint density at radius 1 is 1.53 bits per heavy atom. The van der Waals surface area contributed by atoms with Crippen LogP contribution in [0.5, 0.6) is 0 Å². The molecule has 1 aliphatic heterocycles. The maximum Gasteiger partial charge on any atom is 0.205 e. The van der Waals surface area contributed by atoms with Gasteiger partial charge in [0.15, 0.2) is 0 Å². The first kappa shape index (κ1) is 11.0. The van der Waals surface area contributed by atoms with Gasteiger partial charge in [-0.1, -0.05) is 22.9 Å². The molecule has 1 saturated heterocycles. The smallest absolute Gasteiger partial charge is 0.205 e. The van der Waals surface area contributed by atoms with Crippen LogP contribution in [0.1, 0.15) is 20.3 Å². The van der Waals surface area contributed by atoms with Crippen LogP contribution in [-0.4, -0.2) is 27.5 Å². The summed E-state index contributed by atoms with van der Waals surface area (Å²) in [6, 6.07) is 0. The Kier molecular flexibility index (Phi) is 3.34. The van der Waals surface area contributed by atoms with Crippen molar-refractivity contribution in [2.75, 3.05) is 18.0 Å². The van der Waals surface area contributed by atoms with Gasteiger partial charge in [0.25, 0.3) is 0 Å². The maximum absolute atomic E-state index is 4.45. The number of aromatic nitrogens is 2. The third kappa shape index (κ3) is 2.36. The highest BCUT2D eigenvalue weighted by Gasteiger charge is 2.25. The van der Waals surface area contributed by atoms with E-state index in [0.717, 1.165) is 31.5 Å². The maximum atomic E-state index is 4.45. The monoisotopic (exact) mass is 271 g/mol. The summed E-state index contributed by atoms with van der Waals surface area (Å²) in [4.78, 5) is 7.43. The van der Waals surface area contributed by atoms with Crippen molar-refractivity contribution in [3.63, 3.8) is 0 Å². The van der Waals surface area contributed by atoms with Crippen molar-refractivity contribution in [2.45, 2.75) is 31.6 Å². The van der Waals surface area contributed by atoms with Crippen LogP contribution in [-0.2, 0) is 6.54 Å². The molecule has 2 heterocycles. The number of nitrogens with zero attached hydrogens (tertiary/aromatic N) is 3. The van der Waals surface area contributed by atoms with Gasteiger partial charge in [0.05, 0.1) is 0 Å². The van der Waals surface area contributed by atoms with E-state index in [0.29, 0.717) is 4.83 Å². The highest BCUT2D eigenvalue weighted by atomic mass is 79.9. The minimum atomic E-state index is 0.600. The fourth-order valence-corrected chi connectivity index (χ4v) is 3.26. The molecule has 0 aliphatic carbocycles. The number of aryl methyl sites for hydroxylation is 1. The number of alkyl halides is 1. The molecule has 1 aliphatic rings. The summed E-state index contributed by atoms with van der Waals surface area (Å²) in [6.45, 7) is 7.65. The molecule has 3 nitrogen and oxygen atoms in total. The number of anilines is 1. The van der Waals surface area contributed by atoms with Crippen molar-refractivity contribution in [2.24, 2.45) is 5.92 Å². The highest BCUT2D eigenvalue weighted by molar-refractivity contribution is 9.09. The lowest BCUT2D eigenvalue weighted by atomic mass is 10.0. The van der Waals surface area contributed by atoms with Gasteiger partial charge in [0, 0.05) is 36.9 Å². The first-order valence-corrected chi connectivity index (χ1v) is 6.52. The molecule has 1 aromatic rings. The molecule has 2 rings (SSSR count). The largest absolute Gasteiger partial charge is 0.341 e. The molecule has 2 atom stereocenters. The summed E-state index contributed by atoms with van der Waals surface area (Å²) in [5, 5.41) is 0. The second-order valence-electron chi connectivity index (χ2n) is 4.36. The van der Waals surface area contributed by atoms with Crippen LogP contribution >= 0.6 is 15.9 Å². The summed E-state index contributed by atoms with van der Waals surface area (Å²) in [5.41, 5.74) is 0. The topological polar surface area (TPSA) is 21.1 Å². The number of hydrogen-bond acceptors (Lipinski definition) is 2. The zero-order valence-electron chi connectivity index (χ0n) is 9.36. The number of piperidine rings is 1. The van der Waals surface area contributed by atoms with E-state index in [2.05, 4.69) is 50.4 Å². The van der Waals surface area contributed by atoms with Crippen LogP contribution < -0.4 is 4.90 Å². The lowest BCUT2D eigenvalue weighted by molar-refractivity contribution is 0.450. The van der Waals surface area contributed by atoms with Gasteiger partial charge < -0.3 is 9.47 Å². The van der Waals surface area contributed by atoms with Crippen molar-refractivity contribution in [1.82, 2.24) is 9.55 Å². The molecule has 0 aromatic carbocycles. The van der Waals surface area contributed by atoms with E-state index in [9.17, 15) is 0 Å². The Morgan fingerprint density at radius 3 is 3.00 bits per heavy atom. The SMILES string of the molecule is CCn1ccnc1N1CC(C)CC(Br)C1. The van der Waals surface area contributed by atoms with Crippen molar-refractivity contribution >= 4 is 21.9 Å². The molecular weight excluding hydrogens is 254 g/mol. The van der Waals surface area contributed by atoms with E-state index < -0.39 is 0 Å². The summed E-state index contributed by atoms with van der Waals surface area (Å²) in [5.74, 6) is 1.86. The summed E-state index contributed by atoms with van der Waals surface area (Å²) < 4.78 is 2.21. The molecule has 0 saturated carbocycles. The fourth-order valence-electron chi connectivity index (χ4n) is 2.27. The molecule has 0 bridgehead atoms. The van der Waals surface area contributed by atoms with Gasteiger partial charge in [-0.2, -0.15) is 0 Å². The van der Waals surface area contributed by atoms with Crippen LogP contribution in [0.3, 0.4) is 0 Å². The summed E-state index contributed by atoms with van der Waals surface area (Å²) >= 11 is 3.72. The molecule has 4 heteroatoms. The zero-order valence-corrected chi connectivity index (χ0v) is 10.9. The van der Waals surface area contributed by atoms with Crippen molar-refractivity contribution in [3.05, 3.63) is 12.4 Å². The third-order valence-electron chi connectivity index (χ3n) is 2.93. The predicted octanol–water partition coefficient (Wildman–Crippen LogP) is 2.51. The normalized spacial score (nSPS) is 27.0. The van der Waals surface area contributed by atoms with Gasteiger partial charge in [-0.3, -0.25) is 0 Å². The third-order valence-corrected chi connectivity index (χ3v) is 3.59. The summed E-state index contributed by atoms with van der Waals surface area (Å²) in [6.07, 6.45) is 5.21. The lowest BCUT2D eigenvalue weighted by Gasteiger charge is -2.34. The Morgan fingerprint density at radius 2 is 2.33 bits per heavy atom. The number of hydrogen-bond donors (Lipinski definition) is 0. The summed E-state index contributed by atoms with van der Waals surface area (Å²) in [7, 11) is 0. The number of rotatable bonds is 2. The molecular formula is C11H18BrN3. The molecule has 1 aromatic heterocycles. The molecule has 0 spiro atoms. The van der Waals surface area contributed by atoms with Crippen LogP contribution in [0.15, 0.2) is 12.4 Å². The van der Waals surface area contributed by atoms with Crippen LogP contribution in [0.2, 0.25) is 0 Å². The lowest BCUT2D eigenvalue weighted by Crippen LogP contribution is -2.41. The minimum Gasteiger partial charge on any atom is -0.341 e. The van der Waals surface area contributed by atoms with E-state index in [1.54, 1.807) is 0 Å². The van der Waals surface area contributed by atoms with Gasteiger partial charge in [-0.05, 0) is 19.3 Å². The van der Waals surface area contributed by atoms with E-state index >= 15 is 0 Å². The van der Waals surface area contributed by atoms with Gasteiger partial charge in [-0.15, -0.1) is 0 Å². The van der Waals surface area contributed by atoms with Gasteiger partial charge in [-0.25, -0.2) is 4.98 Å². The molecule has 1 fully saturated rings. The Labute approximate surface area is 99.6 Å². The van der Waals surface area contributed by atoms with Crippen LogP contribution in [0.4, 0.5) is 5.95 Å². The van der Waals surface area contributed by atoms with Crippen LogP contribution in [0.25, 0.3) is 0 Å². The van der Waals surface area contributed by atoms with Gasteiger partial charge in [0.2, 0.25) is 5.95 Å². The van der Waals surface area contributed by atoms with Crippen molar-refractivity contribution in [3.8, 4) is 0 Å². The van der Waals surface area contributed by atoms with E-state index in [1.807, 2.05) is 6.20 Å². The van der Waals surface area contributed by atoms with E-state index in [1.165, 1.54) is 6.42 Å². The second-order valence-corrected chi connectivity index (χ2v) is 5.65. The standard InChI is InChI=1S/C11H18BrN3/c1-3-14-5-4-13-11(14)15-7-9(2)6-10(12)8-15/h4-5,9-10H,3,6-8H2,1-2H3. The Hall–Kier alpha value is -0.510. The molecule has 15 heavy (non-hydrogen) atoms. The fraction of sp³-hybridized carbons (Fsp3) is 0.727. The Bertz CT molecular complexity index is 313. The quantitative estimate of drug-likeness (QED) is 0.771. The first-order chi connectivity index (χ1) is 7.20. The second kappa shape index (κ2) is 4.56. The number of imidazole rings is 1. The van der Waals surface area contributed by atoms with Crippen molar-refractivity contribution in [1.29, 1.82) is 0 Å². The molecule has 0 amide bonds. The molecule has 2 unspecified atom stereocenters. The van der Waals surface area contributed by atoms with E-state index in [-0.39, 0.29) is 0 Å². The molecule has 0 radical (unpaired) electrons. The predicted molar refractivity (Wildman–Crippen MR) is 66.6 cm³/mol. The van der Waals surface area contributed by atoms with Gasteiger partial charge >= 0.3 is 0 Å². The average Bonchev–Trinajstić information content (AvgIpc) is 2.63.